The highest BCUT2D eigenvalue weighted by molar-refractivity contribution is 5.94. The lowest BCUT2D eigenvalue weighted by molar-refractivity contribution is -0.137. The number of aromatic nitrogens is 2. The molecule has 2 heterocycles. The number of hydrogen-bond donors (Lipinski definition) is 0. The van der Waals surface area contributed by atoms with Crippen LogP contribution in [-0.2, 0) is 25.7 Å². The topological polar surface area (TPSA) is 50.6 Å². The lowest BCUT2D eigenvalue weighted by Crippen LogP contribution is -2.32. The lowest BCUT2D eigenvalue weighted by atomic mass is 10.0. The largest absolute Gasteiger partial charge is 0.494 e. The zero-order valence-corrected chi connectivity index (χ0v) is 19.4. The first-order valence-electron chi connectivity index (χ1n) is 11.1. The van der Waals surface area contributed by atoms with Gasteiger partial charge in [0.2, 0.25) is 0 Å². The zero-order chi connectivity index (χ0) is 24.5. The lowest BCUT2D eigenvalue weighted by Gasteiger charge is -2.27. The maximum Gasteiger partial charge on any atom is 0.416 e. The van der Waals surface area contributed by atoms with Crippen molar-refractivity contribution >= 4 is 5.91 Å². The maximum atomic E-state index is 13.0. The number of carbonyl (C=O) groups excluding carboxylic acids is 1. The van der Waals surface area contributed by atoms with E-state index in [1.54, 1.807) is 14.2 Å². The standard InChI is InChI=1S/C25H27F3N4O2/c1-4-31-14-13-21-19(15-31)20(29-32(21)22-7-5-6-8-23(22)34-3)16-30(2)24(33)17-9-11-18(12-10-17)25(26,27)28/h5-12H,4,13-16H2,1-3H3. The second-order valence-corrected chi connectivity index (χ2v) is 8.31. The van der Waals surface area contributed by atoms with E-state index in [1.807, 2.05) is 28.9 Å². The molecule has 0 bridgehead atoms. The number of benzene rings is 2. The number of halogens is 3. The van der Waals surface area contributed by atoms with Gasteiger partial charge in [-0.25, -0.2) is 4.68 Å². The Kier molecular flexibility index (Phi) is 6.65. The number of hydrogen-bond acceptors (Lipinski definition) is 4. The Hall–Kier alpha value is -3.33. The van der Waals surface area contributed by atoms with Crippen molar-refractivity contribution in [3.8, 4) is 11.4 Å². The van der Waals surface area contributed by atoms with Crippen LogP contribution in [0.5, 0.6) is 5.75 Å². The summed E-state index contributed by atoms with van der Waals surface area (Å²) in [6.07, 6.45) is -3.63. The van der Waals surface area contributed by atoms with Crippen LogP contribution in [0.1, 0.15) is 39.8 Å². The number of carbonyl (C=O) groups is 1. The summed E-state index contributed by atoms with van der Waals surface area (Å²) in [5.74, 6) is 0.337. The number of nitrogens with zero attached hydrogens (tertiary/aromatic N) is 4. The Balaban J connectivity index is 1.65. The highest BCUT2D eigenvalue weighted by Gasteiger charge is 2.31. The molecule has 1 aliphatic rings. The number of fused-ring (bicyclic) bond motifs is 1. The first-order chi connectivity index (χ1) is 16.2. The average molecular weight is 473 g/mol. The minimum Gasteiger partial charge on any atom is -0.494 e. The second kappa shape index (κ2) is 9.50. The molecule has 2 aromatic carbocycles. The Morgan fingerprint density at radius 1 is 1.15 bits per heavy atom. The number of amides is 1. The molecule has 180 valence electrons. The molecule has 0 radical (unpaired) electrons. The third kappa shape index (κ3) is 4.65. The molecule has 0 unspecified atom stereocenters. The summed E-state index contributed by atoms with van der Waals surface area (Å²) in [5.41, 5.74) is 3.17. The number of alkyl halides is 3. The van der Waals surface area contributed by atoms with Crippen LogP contribution in [-0.4, -0.2) is 52.7 Å². The molecule has 1 aromatic heterocycles. The van der Waals surface area contributed by atoms with Crippen molar-refractivity contribution in [1.29, 1.82) is 0 Å². The van der Waals surface area contributed by atoms with Crippen molar-refractivity contribution in [3.63, 3.8) is 0 Å². The molecule has 34 heavy (non-hydrogen) atoms. The van der Waals surface area contributed by atoms with Crippen LogP contribution < -0.4 is 4.74 Å². The highest BCUT2D eigenvalue weighted by atomic mass is 19.4. The normalized spacial score (nSPS) is 14.1. The number of methoxy groups -OCH3 is 1. The molecule has 3 aromatic rings. The van der Waals surface area contributed by atoms with Crippen molar-refractivity contribution in [1.82, 2.24) is 19.6 Å². The molecule has 0 N–H and O–H groups in total. The third-order valence-electron chi connectivity index (χ3n) is 6.17. The first-order valence-corrected chi connectivity index (χ1v) is 11.1. The molecule has 1 amide bonds. The molecule has 0 atom stereocenters. The summed E-state index contributed by atoms with van der Waals surface area (Å²) < 4.78 is 46.0. The van der Waals surface area contributed by atoms with E-state index >= 15 is 0 Å². The number of likely N-dealkylation sites (N-methyl/N-ethyl adjacent to an activating group) is 1. The molecular weight excluding hydrogens is 445 g/mol. The molecule has 0 aliphatic carbocycles. The highest BCUT2D eigenvalue weighted by Crippen LogP contribution is 2.31. The Morgan fingerprint density at radius 2 is 1.85 bits per heavy atom. The first kappa shape index (κ1) is 23.8. The Labute approximate surface area is 196 Å². The number of ether oxygens (including phenoxy) is 1. The predicted octanol–water partition coefficient (Wildman–Crippen LogP) is 4.55. The van der Waals surface area contributed by atoms with Gasteiger partial charge < -0.3 is 9.64 Å². The third-order valence-corrected chi connectivity index (χ3v) is 6.17. The SMILES string of the molecule is CCN1CCc2c(c(CN(C)C(=O)c3ccc(C(F)(F)F)cc3)nn2-c2ccccc2OC)C1. The van der Waals surface area contributed by atoms with Crippen LogP contribution in [0, 0.1) is 0 Å². The minimum absolute atomic E-state index is 0.198. The van der Waals surface area contributed by atoms with E-state index in [0.29, 0.717) is 5.75 Å². The summed E-state index contributed by atoms with van der Waals surface area (Å²) in [6.45, 7) is 4.87. The average Bonchev–Trinajstić information content (AvgIpc) is 3.20. The van der Waals surface area contributed by atoms with Crippen LogP contribution in [0.4, 0.5) is 13.2 Å². The van der Waals surface area contributed by atoms with E-state index in [4.69, 9.17) is 9.84 Å². The summed E-state index contributed by atoms with van der Waals surface area (Å²) in [6, 6.07) is 11.9. The smallest absolute Gasteiger partial charge is 0.416 e. The van der Waals surface area contributed by atoms with E-state index in [2.05, 4.69) is 11.8 Å². The summed E-state index contributed by atoms with van der Waals surface area (Å²) in [5, 5.41) is 4.87. The molecule has 0 spiro atoms. The van der Waals surface area contributed by atoms with Crippen LogP contribution in [0.15, 0.2) is 48.5 Å². The molecule has 0 fully saturated rings. The molecule has 9 heteroatoms. The van der Waals surface area contributed by atoms with Gasteiger partial charge in [-0.3, -0.25) is 9.69 Å². The van der Waals surface area contributed by atoms with E-state index in [0.717, 1.165) is 60.8 Å². The van der Waals surface area contributed by atoms with Gasteiger partial charge in [-0.05, 0) is 42.9 Å². The molecular formula is C25H27F3N4O2. The quantitative estimate of drug-likeness (QED) is 0.528. The van der Waals surface area contributed by atoms with Crippen LogP contribution in [0.2, 0.25) is 0 Å². The van der Waals surface area contributed by atoms with Crippen molar-refractivity contribution in [2.24, 2.45) is 0 Å². The molecule has 4 rings (SSSR count). The Bertz CT molecular complexity index is 1170. The monoisotopic (exact) mass is 472 g/mol. The maximum absolute atomic E-state index is 13.0. The number of para-hydroxylation sites is 2. The summed E-state index contributed by atoms with van der Waals surface area (Å²) >= 11 is 0. The van der Waals surface area contributed by atoms with Gasteiger partial charge in [0.1, 0.15) is 11.4 Å². The summed E-state index contributed by atoms with van der Waals surface area (Å²) in [7, 11) is 3.25. The van der Waals surface area contributed by atoms with E-state index < -0.39 is 11.7 Å². The van der Waals surface area contributed by atoms with Gasteiger partial charge in [-0.1, -0.05) is 19.1 Å². The molecule has 6 nitrogen and oxygen atoms in total. The van der Waals surface area contributed by atoms with Crippen molar-refractivity contribution < 1.29 is 22.7 Å². The van der Waals surface area contributed by atoms with Gasteiger partial charge in [-0.2, -0.15) is 18.3 Å². The molecule has 0 saturated heterocycles. The second-order valence-electron chi connectivity index (χ2n) is 8.31. The minimum atomic E-state index is -4.44. The van der Waals surface area contributed by atoms with E-state index in [9.17, 15) is 18.0 Å². The van der Waals surface area contributed by atoms with Gasteiger partial charge in [0.05, 0.1) is 30.6 Å². The fourth-order valence-electron chi connectivity index (χ4n) is 4.26. The number of rotatable bonds is 6. The van der Waals surface area contributed by atoms with Crippen LogP contribution in [0.25, 0.3) is 5.69 Å². The van der Waals surface area contributed by atoms with E-state index in [-0.39, 0.29) is 18.0 Å². The van der Waals surface area contributed by atoms with Gasteiger partial charge in [-0.15, -0.1) is 0 Å². The fraction of sp³-hybridized carbons (Fsp3) is 0.360. The van der Waals surface area contributed by atoms with E-state index in [1.165, 1.54) is 17.0 Å². The molecule has 0 saturated carbocycles. The summed E-state index contributed by atoms with van der Waals surface area (Å²) in [4.78, 5) is 16.8. The molecule has 1 aliphatic heterocycles. The van der Waals surface area contributed by atoms with Gasteiger partial charge in [0, 0.05) is 37.7 Å². The van der Waals surface area contributed by atoms with Crippen LogP contribution in [0.3, 0.4) is 0 Å². The van der Waals surface area contributed by atoms with Crippen LogP contribution >= 0.6 is 0 Å². The fourth-order valence-corrected chi connectivity index (χ4v) is 4.26. The van der Waals surface area contributed by atoms with Gasteiger partial charge in [0.25, 0.3) is 5.91 Å². The van der Waals surface area contributed by atoms with Gasteiger partial charge in [0.15, 0.2) is 0 Å². The van der Waals surface area contributed by atoms with Gasteiger partial charge >= 0.3 is 6.18 Å². The van der Waals surface area contributed by atoms with Crippen molar-refractivity contribution in [2.45, 2.75) is 32.6 Å². The Morgan fingerprint density at radius 3 is 2.50 bits per heavy atom. The van der Waals surface area contributed by atoms with Crippen molar-refractivity contribution in [3.05, 3.63) is 76.6 Å². The van der Waals surface area contributed by atoms with Crippen molar-refractivity contribution in [2.75, 3.05) is 27.2 Å². The predicted molar refractivity (Wildman–Crippen MR) is 122 cm³/mol. The zero-order valence-electron chi connectivity index (χ0n) is 19.4.